The maximum atomic E-state index is 10.9. The average Bonchev–Trinajstić information content (AvgIpc) is 2.66. The van der Waals surface area contributed by atoms with Crippen molar-refractivity contribution in [2.24, 2.45) is 0 Å². The number of halogens is 3. The van der Waals surface area contributed by atoms with Gasteiger partial charge < -0.3 is 14.6 Å². The van der Waals surface area contributed by atoms with Crippen LogP contribution in [-0.2, 0) is 0 Å². The van der Waals surface area contributed by atoms with Gasteiger partial charge in [-0.15, -0.1) is 0 Å². The quantitative estimate of drug-likeness (QED) is 0.395. The molecule has 0 aliphatic rings. The van der Waals surface area contributed by atoms with Gasteiger partial charge in [-0.25, -0.2) is 4.79 Å². The van der Waals surface area contributed by atoms with Crippen LogP contribution in [0.25, 0.3) is 0 Å². The number of carboxylic acids is 1. The molecule has 0 aliphatic carbocycles. The molecule has 0 heterocycles. The molecule has 0 saturated heterocycles. The molecular formula is C18H11ClI2N2O5. The van der Waals surface area contributed by atoms with Crippen LogP contribution in [-0.4, -0.2) is 30.5 Å². The first kappa shape index (κ1) is 23.9. The van der Waals surface area contributed by atoms with E-state index in [2.05, 4.69) is 0 Å². The molecule has 2 aromatic rings. The molecule has 0 spiro atoms. The molecule has 0 aromatic heterocycles. The summed E-state index contributed by atoms with van der Waals surface area (Å²) in [6.07, 6.45) is 0. The van der Waals surface area contributed by atoms with Crippen LogP contribution in [0.4, 0.5) is 0 Å². The van der Waals surface area contributed by atoms with Crippen LogP contribution in [0.1, 0.15) is 31.8 Å². The van der Waals surface area contributed by atoms with Gasteiger partial charge in [-0.1, -0.05) is 0 Å². The Labute approximate surface area is 193 Å². The number of benzene rings is 2. The number of rotatable bonds is 4. The molecule has 10 heteroatoms. The smallest absolute Gasteiger partial charge is 0.335 e. The molecule has 28 heavy (non-hydrogen) atoms. The molecule has 1 N–H and O–H groups in total. The Hall–Kier alpha value is -2.09. The first-order chi connectivity index (χ1) is 13.2. The van der Waals surface area contributed by atoms with Crippen LogP contribution >= 0.6 is 56.8 Å². The molecule has 0 aliphatic heterocycles. The van der Waals surface area contributed by atoms with E-state index in [1.165, 1.54) is 32.4 Å². The fourth-order valence-electron chi connectivity index (χ4n) is 2.00. The maximum Gasteiger partial charge on any atom is 0.335 e. The van der Waals surface area contributed by atoms with E-state index in [4.69, 9.17) is 36.7 Å². The van der Waals surface area contributed by atoms with E-state index >= 15 is 0 Å². The van der Waals surface area contributed by atoms with Crippen molar-refractivity contribution in [3.63, 3.8) is 0 Å². The van der Waals surface area contributed by atoms with E-state index in [0.29, 0.717) is 29.8 Å². The van der Waals surface area contributed by atoms with Crippen molar-refractivity contribution >= 4 is 68.0 Å². The first-order valence-corrected chi connectivity index (χ1v) is 9.72. The third kappa shape index (κ3) is 5.95. The van der Waals surface area contributed by atoms with Gasteiger partial charge in [0.25, 0.3) is 5.24 Å². The van der Waals surface area contributed by atoms with Gasteiger partial charge >= 0.3 is 5.97 Å². The number of ether oxygens (including phenoxy) is 2. The highest BCUT2D eigenvalue weighted by Gasteiger charge is 2.13. The molecule has 0 unspecified atom stereocenters. The van der Waals surface area contributed by atoms with E-state index in [1.807, 2.05) is 57.3 Å². The van der Waals surface area contributed by atoms with Crippen LogP contribution in [0.5, 0.6) is 11.5 Å². The number of carboxylic acid groups (broad SMARTS) is 1. The van der Waals surface area contributed by atoms with Gasteiger partial charge in [0, 0.05) is 5.56 Å². The third-order valence-electron chi connectivity index (χ3n) is 3.21. The number of carbonyl (C=O) groups is 2. The Morgan fingerprint density at radius 2 is 1.32 bits per heavy atom. The van der Waals surface area contributed by atoms with Crippen molar-refractivity contribution in [3.05, 3.63) is 53.7 Å². The lowest BCUT2D eigenvalue weighted by Crippen LogP contribution is -2.00. The number of aromatic carboxylic acids is 1. The zero-order chi connectivity index (χ0) is 21.4. The standard InChI is InChI=1S/C9H5ClINO2.C9H6INO3/c1-14-8-6(4-12)2-5(9(10)13)3-7(8)11;1-14-8-6(4-11)2-5(9(12)13)3-7(8)10/h2-3H,1H3;2-3H,1H3,(H,12,13). The molecule has 2 rings (SSSR count). The van der Waals surface area contributed by atoms with Gasteiger partial charge in [0.1, 0.15) is 23.6 Å². The lowest BCUT2D eigenvalue weighted by Gasteiger charge is -2.06. The maximum absolute atomic E-state index is 10.9. The number of carbonyl (C=O) groups excluding carboxylic acids is 1. The Bertz CT molecular complexity index is 931. The molecule has 0 radical (unpaired) electrons. The van der Waals surface area contributed by atoms with Crippen molar-refractivity contribution in [1.29, 1.82) is 10.5 Å². The topological polar surface area (TPSA) is 120 Å². The predicted octanol–water partition coefficient (Wildman–Crippen LogP) is 4.42. The molecule has 0 amide bonds. The van der Waals surface area contributed by atoms with Crippen LogP contribution in [0.3, 0.4) is 0 Å². The average molecular weight is 625 g/mol. The minimum atomic E-state index is -1.05. The Balaban J connectivity index is 0.000000280. The zero-order valence-corrected chi connectivity index (χ0v) is 19.5. The van der Waals surface area contributed by atoms with Crippen LogP contribution in [0, 0.1) is 29.8 Å². The number of nitrogens with zero attached hydrogens (tertiary/aromatic N) is 2. The normalized spacial score (nSPS) is 9.25. The molecule has 144 valence electrons. The fraction of sp³-hybridized carbons (Fsp3) is 0.111. The SMILES string of the molecule is COc1c(I)cc(C(=O)Cl)cc1C#N.COc1c(I)cc(C(=O)O)cc1C#N. The summed E-state index contributed by atoms with van der Waals surface area (Å²) in [6.45, 7) is 0. The van der Waals surface area contributed by atoms with Crippen LogP contribution in [0.2, 0.25) is 0 Å². The fourth-order valence-corrected chi connectivity index (χ4v) is 3.81. The molecule has 2 aromatic carbocycles. The Morgan fingerprint density at radius 3 is 1.64 bits per heavy atom. The monoisotopic (exact) mass is 624 g/mol. The minimum absolute atomic E-state index is 0.0896. The Kier molecular flexibility index (Phi) is 9.45. The van der Waals surface area contributed by atoms with Gasteiger partial charge in [0.2, 0.25) is 0 Å². The summed E-state index contributed by atoms with van der Waals surface area (Å²) in [4.78, 5) is 21.5. The van der Waals surface area contributed by atoms with Crippen molar-refractivity contribution < 1.29 is 24.2 Å². The van der Waals surface area contributed by atoms with Gasteiger partial charge in [0.05, 0.1) is 38.1 Å². The van der Waals surface area contributed by atoms with E-state index in [-0.39, 0.29) is 11.1 Å². The number of methoxy groups -OCH3 is 2. The van der Waals surface area contributed by atoms with E-state index in [1.54, 1.807) is 6.07 Å². The second-order valence-corrected chi connectivity index (χ2v) is 7.55. The van der Waals surface area contributed by atoms with Gasteiger partial charge in [0.15, 0.2) is 0 Å². The minimum Gasteiger partial charge on any atom is -0.494 e. The molecular weight excluding hydrogens is 613 g/mol. The van der Waals surface area contributed by atoms with Gasteiger partial charge in [-0.05, 0) is 81.0 Å². The van der Waals surface area contributed by atoms with E-state index < -0.39 is 11.2 Å². The number of nitriles is 2. The number of hydrogen-bond acceptors (Lipinski definition) is 6. The predicted molar refractivity (Wildman–Crippen MR) is 118 cm³/mol. The molecule has 7 nitrogen and oxygen atoms in total. The van der Waals surface area contributed by atoms with E-state index in [0.717, 1.165) is 0 Å². The van der Waals surface area contributed by atoms with Crippen molar-refractivity contribution in [2.45, 2.75) is 0 Å². The molecule has 0 bridgehead atoms. The second kappa shape index (κ2) is 11.0. The third-order valence-corrected chi connectivity index (χ3v) is 5.03. The largest absolute Gasteiger partial charge is 0.494 e. The summed E-state index contributed by atoms with van der Waals surface area (Å²) >= 11 is 9.22. The van der Waals surface area contributed by atoms with Crippen molar-refractivity contribution in [3.8, 4) is 23.6 Å². The first-order valence-electron chi connectivity index (χ1n) is 7.18. The molecule has 0 fully saturated rings. The Morgan fingerprint density at radius 1 is 0.929 bits per heavy atom. The summed E-state index contributed by atoms with van der Waals surface area (Å²) in [5, 5.41) is 25.7. The summed E-state index contributed by atoms with van der Waals surface area (Å²) < 4.78 is 11.3. The molecule has 0 atom stereocenters. The highest BCUT2D eigenvalue weighted by molar-refractivity contribution is 14.1. The zero-order valence-electron chi connectivity index (χ0n) is 14.4. The summed E-state index contributed by atoms with van der Waals surface area (Å²) in [5.41, 5.74) is 0.931. The second-order valence-electron chi connectivity index (χ2n) is 4.88. The molecule has 0 saturated carbocycles. The van der Waals surface area contributed by atoms with Crippen LogP contribution in [0.15, 0.2) is 24.3 Å². The lowest BCUT2D eigenvalue weighted by atomic mass is 10.1. The van der Waals surface area contributed by atoms with Crippen molar-refractivity contribution in [1.82, 2.24) is 0 Å². The van der Waals surface area contributed by atoms with Crippen LogP contribution < -0.4 is 9.47 Å². The van der Waals surface area contributed by atoms with Crippen molar-refractivity contribution in [2.75, 3.05) is 14.2 Å². The van der Waals surface area contributed by atoms with Gasteiger partial charge in [-0.3, -0.25) is 4.79 Å². The summed E-state index contributed by atoms with van der Waals surface area (Å²) in [5.74, 6) is -0.171. The lowest BCUT2D eigenvalue weighted by molar-refractivity contribution is 0.0696. The number of hydrogen-bond donors (Lipinski definition) is 1. The van der Waals surface area contributed by atoms with Gasteiger partial charge in [-0.2, -0.15) is 10.5 Å². The van der Waals surface area contributed by atoms with E-state index in [9.17, 15) is 9.59 Å². The summed E-state index contributed by atoms with van der Waals surface area (Å²) in [7, 11) is 2.92. The highest BCUT2D eigenvalue weighted by atomic mass is 127. The highest BCUT2D eigenvalue weighted by Crippen LogP contribution is 2.27. The summed E-state index contributed by atoms with van der Waals surface area (Å²) in [6, 6.07) is 9.58.